The number of carbonyl (C=O) groups is 2. The van der Waals surface area contributed by atoms with Crippen molar-refractivity contribution in [3.05, 3.63) is 29.8 Å². The van der Waals surface area contributed by atoms with Gasteiger partial charge >= 0.3 is 5.97 Å². The van der Waals surface area contributed by atoms with E-state index in [0.29, 0.717) is 19.4 Å². The second-order valence-electron chi connectivity index (χ2n) is 4.35. The number of amides is 1. The van der Waals surface area contributed by atoms with Gasteiger partial charge < -0.3 is 14.8 Å². The van der Waals surface area contributed by atoms with Crippen LogP contribution in [-0.4, -0.2) is 31.6 Å². The Hall–Kier alpha value is -2.04. The molecule has 0 aliphatic rings. The van der Waals surface area contributed by atoms with Gasteiger partial charge in [-0.1, -0.05) is 18.2 Å². The first-order valence-corrected chi connectivity index (χ1v) is 6.66. The highest BCUT2D eigenvalue weighted by atomic mass is 16.5. The number of hydrogen-bond acceptors (Lipinski definition) is 4. The fourth-order valence-electron chi connectivity index (χ4n) is 1.80. The van der Waals surface area contributed by atoms with Crippen molar-refractivity contribution in [1.82, 2.24) is 5.32 Å². The van der Waals surface area contributed by atoms with Crippen LogP contribution in [0.15, 0.2) is 24.3 Å². The average Bonchev–Trinajstić information content (AvgIpc) is 2.45. The van der Waals surface area contributed by atoms with Crippen molar-refractivity contribution in [3.63, 3.8) is 0 Å². The van der Waals surface area contributed by atoms with Crippen molar-refractivity contribution in [1.29, 1.82) is 0 Å². The Morgan fingerprint density at radius 1 is 1.30 bits per heavy atom. The van der Waals surface area contributed by atoms with Crippen LogP contribution in [0.1, 0.15) is 25.8 Å². The first-order valence-electron chi connectivity index (χ1n) is 6.66. The largest absolute Gasteiger partial charge is 0.496 e. The van der Waals surface area contributed by atoms with Gasteiger partial charge in [0, 0.05) is 6.42 Å². The van der Waals surface area contributed by atoms with E-state index >= 15 is 0 Å². The van der Waals surface area contributed by atoms with E-state index in [0.717, 1.165) is 11.3 Å². The summed E-state index contributed by atoms with van der Waals surface area (Å²) in [5, 5.41) is 2.62. The number of ether oxygens (including phenoxy) is 2. The van der Waals surface area contributed by atoms with Crippen molar-refractivity contribution in [2.45, 2.75) is 32.7 Å². The third kappa shape index (κ3) is 4.91. The minimum absolute atomic E-state index is 0.184. The molecule has 0 saturated heterocycles. The molecule has 0 aromatic heterocycles. The Balaban J connectivity index is 2.45. The zero-order valence-corrected chi connectivity index (χ0v) is 12.1. The highest BCUT2D eigenvalue weighted by Crippen LogP contribution is 2.18. The van der Waals surface area contributed by atoms with Gasteiger partial charge in [0.1, 0.15) is 11.8 Å². The van der Waals surface area contributed by atoms with E-state index in [1.165, 1.54) is 0 Å². The van der Waals surface area contributed by atoms with Crippen LogP contribution in [0, 0.1) is 0 Å². The first-order chi connectivity index (χ1) is 9.58. The minimum atomic E-state index is -0.625. The lowest BCUT2D eigenvalue weighted by atomic mass is 10.1. The molecule has 0 saturated carbocycles. The van der Waals surface area contributed by atoms with Gasteiger partial charge in [-0.25, -0.2) is 4.79 Å². The third-order valence-corrected chi connectivity index (χ3v) is 2.83. The number of aryl methyl sites for hydroxylation is 1. The van der Waals surface area contributed by atoms with Gasteiger partial charge in [0.15, 0.2) is 0 Å². The quantitative estimate of drug-likeness (QED) is 0.771. The molecule has 5 nitrogen and oxygen atoms in total. The molecule has 0 bridgehead atoms. The average molecular weight is 279 g/mol. The number of carbonyl (C=O) groups excluding carboxylic acids is 2. The molecule has 110 valence electrons. The molecule has 1 unspecified atom stereocenters. The summed E-state index contributed by atoms with van der Waals surface area (Å²) in [5.41, 5.74) is 0.967. The molecule has 20 heavy (non-hydrogen) atoms. The summed E-state index contributed by atoms with van der Waals surface area (Å²) < 4.78 is 10.1. The fourth-order valence-corrected chi connectivity index (χ4v) is 1.80. The summed E-state index contributed by atoms with van der Waals surface area (Å²) >= 11 is 0. The lowest BCUT2D eigenvalue weighted by Crippen LogP contribution is -2.39. The monoisotopic (exact) mass is 279 g/mol. The van der Waals surface area contributed by atoms with Crippen LogP contribution in [0.25, 0.3) is 0 Å². The van der Waals surface area contributed by atoms with Crippen LogP contribution >= 0.6 is 0 Å². The molecular formula is C15H21NO4. The van der Waals surface area contributed by atoms with Gasteiger partial charge in [-0.2, -0.15) is 0 Å². The van der Waals surface area contributed by atoms with E-state index < -0.39 is 12.0 Å². The standard InChI is InChI=1S/C15H21NO4/c1-4-20-15(18)11(2)16-14(17)10-9-12-7-5-6-8-13(12)19-3/h5-8,11H,4,9-10H2,1-3H3,(H,16,17). The van der Waals surface area contributed by atoms with E-state index in [4.69, 9.17) is 9.47 Å². The molecule has 0 radical (unpaired) electrons. The van der Waals surface area contributed by atoms with Gasteiger partial charge in [0.2, 0.25) is 5.91 Å². The predicted molar refractivity (Wildman–Crippen MR) is 75.6 cm³/mol. The number of rotatable bonds is 7. The molecule has 0 fully saturated rings. The minimum Gasteiger partial charge on any atom is -0.496 e. The Kier molecular flexibility index (Phi) is 6.56. The molecule has 0 heterocycles. The number of nitrogens with one attached hydrogen (secondary N) is 1. The van der Waals surface area contributed by atoms with Gasteiger partial charge in [0.05, 0.1) is 13.7 Å². The molecular weight excluding hydrogens is 258 g/mol. The van der Waals surface area contributed by atoms with Crippen LogP contribution in [-0.2, 0) is 20.7 Å². The second kappa shape index (κ2) is 8.19. The predicted octanol–water partition coefficient (Wildman–Crippen LogP) is 1.70. The molecule has 0 aliphatic carbocycles. The van der Waals surface area contributed by atoms with E-state index in [2.05, 4.69) is 5.32 Å². The van der Waals surface area contributed by atoms with Gasteiger partial charge in [-0.15, -0.1) is 0 Å². The van der Waals surface area contributed by atoms with E-state index in [1.807, 2.05) is 24.3 Å². The van der Waals surface area contributed by atoms with Crippen molar-refractivity contribution < 1.29 is 19.1 Å². The Bertz CT molecular complexity index is 459. The van der Waals surface area contributed by atoms with E-state index in [1.54, 1.807) is 21.0 Å². The van der Waals surface area contributed by atoms with Crippen molar-refractivity contribution in [2.24, 2.45) is 0 Å². The summed E-state index contributed by atoms with van der Waals surface area (Å²) in [6.45, 7) is 3.65. The topological polar surface area (TPSA) is 64.6 Å². The molecule has 1 amide bonds. The molecule has 1 aromatic rings. The lowest BCUT2D eigenvalue weighted by Gasteiger charge is -2.13. The molecule has 1 rings (SSSR count). The molecule has 1 aromatic carbocycles. The molecule has 1 N–H and O–H groups in total. The number of benzene rings is 1. The number of hydrogen-bond donors (Lipinski definition) is 1. The maximum atomic E-state index is 11.8. The molecule has 0 spiro atoms. The maximum Gasteiger partial charge on any atom is 0.328 e. The Labute approximate surface area is 119 Å². The Morgan fingerprint density at radius 3 is 2.65 bits per heavy atom. The van der Waals surface area contributed by atoms with Crippen molar-refractivity contribution >= 4 is 11.9 Å². The fraction of sp³-hybridized carbons (Fsp3) is 0.467. The summed E-state index contributed by atoms with van der Waals surface area (Å²) in [6, 6.07) is 6.93. The smallest absolute Gasteiger partial charge is 0.328 e. The first kappa shape index (κ1) is 16.0. The summed E-state index contributed by atoms with van der Waals surface area (Å²) in [4.78, 5) is 23.2. The normalized spacial score (nSPS) is 11.6. The highest BCUT2D eigenvalue weighted by molar-refractivity contribution is 5.84. The zero-order chi connectivity index (χ0) is 15.0. The SMILES string of the molecule is CCOC(=O)C(C)NC(=O)CCc1ccccc1OC. The van der Waals surface area contributed by atoms with Crippen LogP contribution in [0.3, 0.4) is 0 Å². The van der Waals surface area contributed by atoms with Crippen molar-refractivity contribution in [3.8, 4) is 5.75 Å². The summed E-state index contributed by atoms with van der Waals surface area (Å²) in [6.07, 6.45) is 0.857. The second-order valence-corrected chi connectivity index (χ2v) is 4.35. The van der Waals surface area contributed by atoms with Crippen LogP contribution in [0.4, 0.5) is 0 Å². The third-order valence-electron chi connectivity index (χ3n) is 2.83. The van der Waals surface area contributed by atoms with Gasteiger partial charge in [-0.05, 0) is 31.9 Å². The Morgan fingerprint density at radius 2 is 2.00 bits per heavy atom. The summed E-state index contributed by atoms with van der Waals surface area (Å²) in [7, 11) is 1.60. The molecule has 5 heteroatoms. The zero-order valence-electron chi connectivity index (χ0n) is 12.1. The van der Waals surface area contributed by atoms with Crippen LogP contribution in [0.2, 0.25) is 0 Å². The van der Waals surface area contributed by atoms with E-state index in [-0.39, 0.29) is 5.91 Å². The van der Waals surface area contributed by atoms with Gasteiger partial charge in [0.25, 0.3) is 0 Å². The summed E-state index contributed by atoms with van der Waals surface area (Å²) in [5.74, 6) is 0.161. The lowest BCUT2D eigenvalue weighted by molar-refractivity contribution is -0.146. The van der Waals surface area contributed by atoms with Gasteiger partial charge in [-0.3, -0.25) is 4.79 Å². The van der Waals surface area contributed by atoms with Crippen molar-refractivity contribution in [2.75, 3.05) is 13.7 Å². The van der Waals surface area contributed by atoms with Crippen LogP contribution in [0.5, 0.6) is 5.75 Å². The maximum absolute atomic E-state index is 11.8. The molecule has 1 atom stereocenters. The number of esters is 1. The number of methoxy groups -OCH3 is 1. The van der Waals surface area contributed by atoms with Crippen LogP contribution < -0.4 is 10.1 Å². The van der Waals surface area contributed by atoms with E-state index in [9.17, 15) is 9.59 Å². The highest BCUT2D eigenvalue weighted by Gasteiger charge is 2.16. The number of para-hydroxylation sites is 1. The molecule has 0 aliphatic heterocycles.